The summed E-state index contributed by atoms with van der Waals surface area (Å²) in [6, 6.07) is 0. The molecule has 3 heterocycles. The van der Waals surface area contributed by atoms with Gasteiger partial charge in [-0.05, 0) is 18.5 Å². The first-order valence-corrected chi connectivity index (χ1v) is 7.59. The topological polar surface area (TPSA) is 82.3 Å². The van der Waals surface area contributed by atoms with Crippen molar-refractivity contribution in [1.82, 2.24) is 14.5 Å². The molecule has 1 saturated heterocycles. The molecular formula is C13H18N4O3S. The highest BCUT2D eigenvalue weighted by Crippen LogP contribution is 2.37. The minimum Gasteiger partial charge on any atom is -0.381 e. The van der Waals surface area contributed by atoms with E-state index in [-0.39, 0.29) is 0 Å². The third-order valence-corrected chi connectivity index (χ3v) is 4.78. The van der Waals surface area contributed by atoms with Gasteiger partial charge in [0.05, 0.1) is 11.3 Å². The van der Waals surface area contributed by atoms with Crippen LogP contribution in [0.2, 0.25) is 0 Å². The molecule has 1 N–H and O–H groups in total. The monoisotopic (exact) mass is 310 g/mol. The van der Waals surface area contributed by atoms with Crippen LogP contribution in [0.3, 0.4) is 0 Å². The highest BCUT2D eigenvalue weighted by Gasteiger charge is 2.39. The van der Waals surface area contributed by atoms with Crippen LogP contribution in [0, 0.1) is 6.92 Å². The third kappa shape index (κ3) is 2.43. The molecule has 3 rings (SSSR count). The quantitative estimate of drug-likeness (QED) is 0.926. The molecule has 7 nitrogen and oxygen atoms in total. The van der Waals surface area contributed by atoms with Gasteiger partial charge in [0.25, 0.3) is 5.89 Å². The normalized spacial score (nSPS) is 17.9. The van der Waals surface area contributed by atoms with Crippen molar-refractivity contribution in [2.75, 3.05) is 32.7 Å². The zero-order valence-corrected chi connectivity index (χ0v) is 13.1. The highest BCUT2D eigenvalue weighted by atomic mass is 32.1. The van der Waals surface area contributed by atoms with Gasteiger partial charge >= 0.3 is 0 Å². The van der Waals surface area contributed by atoms with E-state index in [9.17, 15) is 0 Å². The maximum absolute atomic E-state index is 5.69. The molecule has 1 aliphatic rings. The predicted octanol–water partition coefficient (Wildman–Crippen LogP) is 2.20. The lowest BCUT2D eigenvalue weighted by molar-refractivity contribution is -0.101. The Kier molecular flexibility index (Phi) is 3.92. The summed E-state index contributed by atoms with van der Waals surface area (Å²) >= 11 is 1.38. The summed E-state index contributed by atoms with van der Waals surface area (Å²) in [5.41, 5.74) is 1.22. The van der Waals surface area contributed by atoms with Crippen molar-refractivity contribution in [2.45, 2.75) is 25.4 Å². The number of aromatic nitrogens is 3. The van der Waals surface area contributed by atoms with Crippen molar-refractivity contribution in [3.63, 3.8) is 0 Å². The van der Waals surface area contributed by atoms with E-state index in [2.05, 4.69) is 19.8 Å². The fraction of sp³-hybridized carbons (Fsp3) is 0.615. The van der Waals surface area contributed by atoms with Crippen molar-refractivity contribution in [3.05, 3.63) is 11.5 Å². The molecule has 21 heavy (non-hydrogen) atoms. The van der Waals surface area contributed by atoms with Crippen LogP contribution >= 0.6 is 11.5 Å². The predicted molar refractivity (Wildman–Crippen MR) is 78.4 cm³/mol. The molecule has 1 fully saturated rings. The molecule has 0 saturated carbocycles. The standard InChI is InChI=1S/C13H18N4O3S/c1-8-9(11(14-2)21-17-8)10-15-12(16-20-10)13(18-3)4-6-19-7-5-13/h14H,4-7H2,1-3H3. The number of aryl methyl sites for hydroxylation is 1. The first-order chi connectivity index (χ1) is 10.2. The Bertz CT molecular complexity index is 619. The summed E-state index contributed by atoms with van der Waals surface area (Å²) < 4.78 is 20.9. The van der Waals surface area contributed by atoms with Gasteiger partial charge in [0, 0.05) is 40.2 Å². The average Bonchev–Trinajstić information content (AvgIpc) is 3.14. The number of nitrogens with one attached hydrogen (secondary N) is 1. The third-order valence-electron chi connectivity index (χ3n) is 3.83. The molecular weight excluding hydrogens is 292 g/mol. The van der Waals surface area contributed by atoms with Gasteiger partial charge in [-0.3, -0.25) is 0 Å². The van der Waals surface area contributed by atoms with Gasteiger partial charge in [-0.25, -0.2) is 0 Å². The smallest absolute Gasteiger partial charge is 0.262 e. The maximum Gasteiger partial charge on any atom is 0.262 e. The molecule has 8 heteroatoms. The van der Waals surface area contributed by atoms with E-state index in [4.69, 9.17) is 14.0 Å². The maximum atomic E-state index is 5.69. The van der Waals surface area contributed by atoms with Gasteiger partial charge in [-0.2, -0.15) is 9.36 Å². The molecule has 0 atom stereocenters. The Labute approximate surface area is 126 Å². The van der Waals surface area contributed by atoms with E-state index in [1.54, 1.807) is 7.11 Å². The average molecular weight is 310 g/mol. The second-order valence-corrected chi connectivity index (χ2v) is 5.73. The number of nitrogens with zero attached hydrogens (tertiary/aromatic N) is 3. The van der Waals surface area contributed by atoms with Gasteiger partial charge in [-0.15, -0.1) is 0 Å². The summed E-state index contributed by atoms with van der Waals surface area (Å²) in [4.78, 5) is 4.56. The van der Waals surface area contributed by atoms with Crippen LogP contribution in [-0.2, 0) is 15.1 Å². The molecule has 0 radical (unpaired) electrons. The van der Waals surface area contributed by atoms with Crippen LogP contribution in [-0.4, -0.2) is 41.9 Å². The van der Waals surface area contributed by atoms with Crippen molar-refractivity contribution in [3.8, 4) is 11.5 Å². The molecule has 1 aliphatic heterocycles. The number of methoxy groups -OCH3 is 1. The van der Waals surface area contributed by atoms with Crippen LogP contribution in [0.5, 0.6) is 0 Å². The molecule has 0 spiro atoms. The molecule has 0 bridgehead atoms. The van der Waals surface area contributed by atoms with Crippen molar-refractivity contribution >= 4 is 16.5 Å². The first kappa shape index (κ1) is 14.4. The van der Waals surface area contributed by atoms with Crippen LogP contribution < -0.4 is 5.32 Å². The number of hydrogen-bond donors (Lipinski definition) is 1. The highest BCUT2D eigenvalue weighted by molar-refractivity contribution is 7.10. The van der Waals surface area contributed by atoms with Crippen LogP contribution in [0.4, 0.5) is 5.00 Å². The minimum absolute atomic E-state index is 0.475. The van der Waals surface area contributed by atoms with Gasteiger partial charge in [0.2, 0.25) is 5.82 Å². The lowest BCUT2D eigenvalue weighted by Crippen LogP contribution is -2.36. The van der Waals surface area contributed by atoms with E-state index in [0.717, 1.165) is 29.1 Å². The summed E-state index contributed by atoms with van der Waals surface area (Å²) in [5, 5.41) is 8.16. The fourth-order valence-electron chi connectivity index (χ4n) is 2.52. The number of hydrogen-bond acceptors (Lipinski definition) is 8. The number of rotatable bonds is 4. The molecule has 0 aliphatic carbocycles. The lowest BCUT2D eigenvalue weighted by Gasteiger charge is -2.32. The zero-order valence-electron chi connectivity index (χ0n) is 12.3. The number of ether oxygens (including phenoxy) is 2. The Hall–Kier alpha value is -1.51. The Morgan fingerprint density at radius 2 is 2.10 bits per heavy atom. The summed E-state index contributed by atoms with van der Waals surface area (Å²) in [5.74, 6) is 1.06. The molecule has 114 valence electrons. The lowest BCUT2D eigenvalue weighted by atomic mass is 9.93. The van der Waals surface area contributed by atoms with Gasteiger partial charge in [-0.1, -0.05) is 5.16 Å². The minimum atomic E-state index is -0.517. The molecule has 0 aromatic carbocycles. The van der Waals surface area contributed by atoms with Crippen LogP contribution in [0.15, 0.2) is 4.52 Å². The SMILES string of the molecule is CNc1snc(C)c1-c1nc(C2(OC)CCOCC2)no1. The number of anilines is 1. The van der Waals surface area contributed by atoms with Crippen molar-refractivity contribution in [1.29, 1.82) is 0 Å². The Balaban J connectivity index is 1.97. The fourth-order valence-corrected chi connectivity index (χ4v) is 3.26. The summed E-state index contributed by atoms with van der Waals surface area (Å²) in [7, 11) is 3.53. The molecule has 2 aromatic rings. The summed E-state index contributed by atoms with van der Waals surface area (Å²) in [6.45, 7) is 3.20. The first-order valence-electron chi connectivity index (χ1n) is 6.81. The van der Waals surface area contributed by atoms with Crippen LogP contribution in [0.25, 0.3) is 11.5 Å². The van der Waals surface area contributed by atoms with E-state index in [1.165, 1.54) is 11.5 Å². The summed E-state index contributed by atoms with van der Waals surface area (Å²) in [6.07, 6.45) is 1.45. The van der Waals surface area contributed by atoms with Gasteiger partial charge in [0.1, 0.15) is 10.6 Å². The largest absolute Gasteiger partial charge is 0.381 e. The van der Waals surface area contributed by atoms with E-state index in [0.29, 0.717) is 24.9 Å². The van der Waals surface area contributed by atoms with Gasteiger partial charge in [0.15, 0.2) is 0 Å². The molecule has 0 unspecified atom stereocenters. The van der Waals surface area contributed by atoms with Crippen LogP contribution in [0.1, 0.15) is 24.4 Å². The van der Waals surface area contributed by atoms with E-state index < -0.39 is 5.60 Å². The Morgan fingerprint density at radius 1 is 1.33 bits per heavy atom. The second kappa shape index (κ2) is 5.70. The Morgan fingerprint density at radius 3 is 2.76 bits per heavy atom. The molecule has 0 amide bonds. The molecule has 2 aromatic heterocycles. The van der Waals surface area contributed by atoms with Gasteiger partial charge < -0.3 is 19.3 Å². The second-order valence-electron chi connectivity index (χ2n) is 4.96. The van der Waals surface area contributed by atoms with Crippen molar-refractivity contribution in [2.24, 2.45) is 0 Å². The van der Waals surface area contributed by atoms with Crippen molar-refractivity contribution < 1.29 is 14.0 Å². The van der Waals surface area contributed by atoms with E-state index >= 15 is 0 Å². The zero-order chi connectivity index (χ0) is 14.9. The van der Waals surface area contributed by atoms with E-state index in [1.807, 2.05) is 14.0 Å².